The van der Waals surface area contributed by atoms with E-state index in [0.29, 0.717) is 34.3 Å². The van der Waals surface area contributed by atoms with Crippen molar-refractivity contribution in [3.63, 3.8) is 0 Å². The second kappa shape index (κ2) is 9.40. The molecule has 0 aromatic rings. The maximum Gasteiger partial charge on any atom is 0.102 e. The molecule has 3 aliphatic rings. The second-order valence-corrected chi connectivity index (χ2v) is 12.2. The molecule has 31 heavy (non-hydrogen) atoms. The van der Waals surface area contributed by atoms with Crippen LogP contribution in [-0.2, 0) is 0 Å². The molecule has 0 bridgehead atoms. The summed E-state index contributed by atoms with van der Waals surface area (Å²) in [7, 11) is 0. The van der Waals surface area contributed by atoms with Crippen molar-refractivity contribution in [3.8, 4) is 0 Å². The van der Waals surface area contributed by atoms with Crippen LogP contribution in [0.3, 0.4) is 0 Å². The van der Waals surface area contributed by atoms with Crippen LogP contribution in [0.15, 0.2) is 47.6 Å². The third-order valence-electron chi connectivity index (χ3n) is 8.74. The van der Waals surface area contributed by atoms with E-state index in [2.05, 4.69) is 59.9 Å². The average molecular weight is 427 g/mol. The third-order valence-corrected chi connectivity index (χ3v) is 8.74. The Labute approximate surface area is 191 Å². The Balaban J connectivity index is 1.72. The van der Waals surface area contributed by atoms with Gasteiger partial charge in [0.15, 0.2) is 0 Å². The van der Waals surface area contributed by atoms with Crippen molar-refractivity contribution in [2.75, 3.05) is 0 Å². The molecule has 0 aromatic carbocycles. The van der Waals surface area contributed by atoms with E-state index in [1.807, 2.05) is 0 Å². The normalized spacial score (nSPS) is 38.0. The maximum atomic E-state index is 10.3. The van der Waals surface area contributed by atoms with Crippen LogP contribution in [0.1, 0.15) is 92.4 Å². The highest BCUT2D eigenvalue weighted by Gasteiger charge is 2.50. The van der Waals surface area contributed by atoms with Gasteiger partial charge in [-0.05, 0) is 83.8 Å². The Hall–Kier alpha value is -1.12. The van der Waals surface area contributed by atoms with E-state index >= 15 is 0 Å². The van der Waals surface area contributed by atoms with Gasteiger partial charge in [-0.15, -0.1) is 0 Å². The highest BCUT2D eigenvalue weighted by atomic mass is 16.3. The summed E-state index contributed by atoms with van der Waals surface area (Å²) in [5.74, 6) is 2.30. The minimum Gasteiger partial charge on any atom is -0.388 e. The lowest BCUT2D eigenvalue weighted by Crippen LogP contribution is -2.36. The molecule has 2 N–H and O–H groups in total. The number of hydrogen-bond donors (Lipinski definition) is 2. The van der Waals surface area contributed by atoms with Gasteiger partial charge in [0.25, 0.3) is 0 Å². The minimum atomic E-state index is -0.824. The van der Waals surface area contributed by atoms with Gasteiger partial charge in [-0.25, -0.2) is 0 Å². The second-order valence-electron chi connectivity index (χ2n) is 12.2. The van der Waals surface area contributed by atoms with Crippen LogP contribution >= 0.6 is 0 Å². The van der Waals surface area contributed by atoms with Gasteiger partial charge in [0.2, 0.25) is 0 Å². The predicted octanol–water partition coefficient (Wildman–Crippen LogP) is 7.15. The first kappa shape index (κ1) is 24.5. The zero-order valence-corrected chi connectivity index (χ0v) is 20.7. The molecule has 2 nitrogen and oxygen atoms in total. The van der Waals surface area contributed by atoms with E-state index in [0.717, 1.165) is 17.4 Å². The molecule has 0 heterocycles. The van der Waals surface area contributed by atoms with Crippen LogP contribution in [0, 0.1) is 28.6 Å². The Morgan fingerprint density at radius 2 is 1.87 bits per heavy atom. The van der Waals surface area contributed by atoms with E-state index in [9.17, 15) is 10.2 Å². The standard InChI is InChI=1S/C29H46O2/c1-19(10-8-16-28(4,5)6)24-14-15-25-22(11-9-17-29(24,25)7)12-13-23-18-26(30)21(3)27(31)20(23)2/h12-13,19,24-27,30-31H,2-3,8-11,14-18H2,1,4-7H3/b22-12+,23-13-/t19-,24-,25+,26-,27-,29-/m1/s1. The van der Waals surface area contributed by atoms with Crippen molar-refractivity contribution in [1.29, 1.82) is 0 Å². The van der Waals surface area contributed by atoms with E-state index in [1.165, 1.54) is 51.4 Å². The summed E-state index contributed by atoms with van der Waals surface area (Å²) in [5, 5.41) is 20.5. The van der Waals surface area contributed by atoms with Gasteiger partial charge in [0, 0.05) is 6.42 Å². The summed E-state index contributed by atoms with van der Waals surface area (Å²) in [5.41, 5.74) is 4.57. The lowest BCUT2D eigenvalue weighted by molar-refractivity contribution is 0.0920. The molecular formula is C29H46O2. The molecule has 2 heteroatoms. The smallest absolute Gasteiger partial charge is 0.102 e. The van der Waals surface area contributed by atoms with Crippen molar-refractivity contribution in [1.82, 2.24) is 0 Å². The van der Waals surface area contributed by atoms with Crippen LogP contribution in [0.5, 0.6) is 0 Å². The van der Waals surface area contributed by atoms with Crippen LogP contribution in [-0.4, -0.2) is 22.4 Å². The lowest BCUT2D eigenvalue weighted by Gasteiger charge is -2.44. The van der Waals surface area contributed by atoms with Gasteiger partial charge in [0.1, 0.15) is 6.10 Å². The topological polar surface area (TPSA) is 40.5 Å². The Morgan fingerprint density at radius 3 is 2.55 bits per heavy atom. The largest absolute Gasteiger partial charge is 0.388 e. The van der Waals surface area contributed by atoms with Crippen LogP contribution in [0.4, 0.5) is 0 Å². The van der Waals surface area contributed by atoms with Gasteiger partial charge in [-0.3, -0.25) is 0 Å². The predicted molar refractivity (Wildman–Crippen MR) is 132 cm³/mol. The van der Waals surface area contributed by atoms with Crippen LogP contribution in [0.2, 0.25) is 0 Å². The zero-order chi connectivity index (χ0) is 23.0. The molecule has 0 radical (unpaired) electrons. The Bertz CT molecular complexity index is 749. The van der Waals surface area contributed by atoms with E-state index < -0.39 is 12.2 Å². The number of allylic oxidation sites excluding steroid dienone is 3. The fourth-order valence-corrected chi connectivity index (χ4v) is 6.80. The van der Waals surface area contributed by atoms with Crippen molar-refractivity contribution in [2.24, 2.45) is 28.6 Å². The number of aliphatic hydroxyl groups excluding tert-OH is 2. The zero-order valence-electron chi connectivity index (χ0n) is 20.7. The first-order chi connectivity index (χ1) is 14.4. The first-order valence-electron chi connectivity index (χ1n) is 12.6. The lowest BCUT2D eigenvalue weighted by atomic mass is 9.60. The van der Waals surface area contributed by atoms with Crippen LogP contribution in [0.25, 0.3) is 0 Å². The number of fused-ring (bicyclic) bond motifs is 1. The Kier molecular flexibility index (Phi) is 7.43. The Morgan fingerprint density at radius 1 is 1.16 bits per heavy atom. The maximum absolute atomic E-state index is 10.3. The third kappa shape index (κ3) is 5.28. The molecule has 3 fully saturated rings. The molecule has 0 unspecified atom stereocenters. The molecule has 0 amide bonds. The summed E-state index contributed by atoms with van der Waals surface area (Å²) in [6.45, 7) is 20.0. The summed E-state index contributed by atoms with van der Waals surface area (Å²) >= 11 is 0. The highest BCUT2D eigenvalue weighted by molar-refractivity contribution is 5.45. The van der Waals surface area contributed by atoms with Gasteiger partial charge < -0.3 is 10.2 Å². The van der Waals surface area contributed by atoms with Crippen molar-refractivity contribution >= 4 is 0 Å². The quantitative estimate of drug-likeness (QED) is 0.458. The number of rotatable bonds is 5. The molecule has 6 atom stereocenters. The molecular weight excluding hydrogens is 380 g/mol. The molecule has 3 rings (SSSR count). The summed E-state index contributed by atoms with van der Waals surface area (Å²) in [6, 6.07) is 0. The van der Waals surface area contributed by atoms with Crippen molar-refractivity contribution < 1.29 is 10.2 Å². The minimum absolute atomic E-state index is 0.417. The summed E-state index contributed by atoms with van der Waals surface area (Å²) < 4.78 is 0. The highest BCUT2D eigenvalue weighted by Crippen LogP contribution is 2.60. The van der Waals surface area contributed by atoms with E-state index in [-0.39, 0.29) is 0 Å². The van der Waals surface area contributed by atoms with Gasteiger partial charge in [0.05, 0.1) is 6.10 Å². The number of aliphatic hydroxyl groups is 2. The van der Waals surface area contributed by atoms with Gasteiger partial charge in [-0.2, -0.15) is 0 Å². The van der Waals surface area contributed by atoms with Crippen molar-refractivity contribution in [3.05, 3.63) is 47.6 Å². The molecule has 0 aliphatic heterocycles. The molecule has 0 aromatic heterocycles. The SMILES string of the molecule is C=C1/C(=C\C=C2/CCC[C@]3(C)[C@@H]([C@H](C)CCCC(C)(C)C)CC[C@@H]23)C[C@@H](O)C(=C)[C@@H]1O. The summed E-state index contributed by atoms with van der Waals surface area (Å²) in [4.78, 5) is 0. The molecule has 0 saturated heterocycles. The monoisotopic (exact) mass is 426 g/mol. The summed E-state index contributed by atoms with van der Waals surface area (Å²) in [6.07, 6.45) is 13.9. The fraction of sp³-hybridized carbons (Fsp3) is 0.724. The van der Waals surface area contributed by atoms with Crippen LogP contribution < -0.4 is 0 Å². The molecule has 174 valence electrons. The number of hydrogen-bond acceptors (Lipinski definition) is 2. The van der Waals surface area contributed by atoms with Gasteiger partial charge in [-0.1, -0.05) is 78.3 Å². The van der Waals surface area contributed by atoms with E-state index in [4.69, 9.17) is 0 Å². The fourth-order valence-electron chi connectivity index (χ4n) is 6.80. The molecule has 3 saturated carbocycles. The van der Waals surface area contributed by atoms with Gasteiger partial charge >= 0.3 is 0 Å². The average Bonchev–Trinajstić information content (AvgIpc) is 3.04. The van der Waals surface area contributed by atoms with Crippen molar-refractivity contribution in [2.45, 2.75) is 105 Å². The molecule has 0 spiro atoms. The first-order valence-corrected chi connectivity index (χ1v) is 12.6. The van der Waals surface area contributed by atoms with E-state index in [1.54, 1.807) is 5.57 Å². The molecule has 3 aliphatic carbocycles.